The highest BCUT2D eigenvalue weighted by Crippen LogP contribution is 2.22. The van der Waals surface area contributed by atoms with Crippen LogP contribution in [0.5, 0.6) is 0 Å². The Hall–Kier alpha value is -1.00. The molecule has 1 aliphatic heterocycles. The average Bonchev–Trinajstić information content (AvgIpc) is 2.77. The van der Waals surface area contributed by atoms with Gasteiger partial charge in [-0.15, -0.1) is 5.10 Å². The van der Waals surface area contributed by atoms with Gasteiger partial charge < -0.3 is 5.32 Å². The van der Waals surface area contributed by atoms with Gasteiger partial charge >= 0.3 is 0 Å². The second-order valence-electron chi connectivity index (χ2n) is 4.47. The van der Waals surface area contributed by atoms with Crippen molar-refractivity contribution < 1.29 is 0 Å². The fraction of sp³-hybridized carbons (Fsp3) is 0.500. The average molecular weight is 233 g/mol. The van der Waals surface area contributed by atoms with Crippen LogP contribution in [0.15, 0.2) is 18.2 Å². The van der Waals surface area contributed by atoms with Crippen LogP contribution in [-0.4, -0.2) is 22.7 Å². The van der Waals surface area contributed by atoms with Crippen molar-refractivity contribution in [2.75, 3.05) is 13.1 Å². The van der Waals surface area contributed by atoms with Gasteiger partial charge in [-0.3, -0.25) is 0 Å². The zero-order chi connectivity index (χ0) is 10.8. The number of benzene rings is 1. The molecule has 84 valence electrons. The zero-order valence-corrected chi connectivity index (χ0v) is 9.96. The van der Waals surface area contributed by atoms with E-state index >= 15 is 0 Å². The van der Waals surface area contributed by atoms with E-state index in [0.717, 1.165) is 11.4 Å². The van der Waals surface area contributed by atoms with E-state index in [1.165, 1.54) is 54.1 Å². The number of aromatic nitrogens is 2. The molecule has 0 spiro atoms. The maximum Gasteiger partial charge on any atom is 0.105 e. The number of nitrogens with one attached hydrogen (secondary N) is 1. The normalized spacial score (nSPS) is 18.0. The second kappa shape index (κ2) is 4.47. The molecule has 1 saturated heterocycles. The van der Waals surface area contributed by atoms with Gasteiger partial charge in [0.1, 0.15) is 5.52 Å². The van der Waals surface area contributed by atoms with E-state index in [9.17, 15) is 0 Å². The molecule has 3 nitrogen and oxygen atoms in total. The van der Waals surface area contributed by atoms with Crippen LogP contribution in [0.3, 0.4) is 0 Å². The van der Waals surface area contributed by atoms with E-state index in [1.54, 1.807) is 0 Å². The maximum atomic E-state index is 4.07. The fourth-order valence-electron chi connectivity index (χ4n) is 2.37. The first-order valence-electron chi connectivity index (χ1n) is 5.83. The van der Waals surface area contributed by atoms with Gasteiger partial charge in [0.25, 0.3) is 0 Å². The number of fused-ring (bicyclic) bond motifs is 1. The number of piperidine rings is 1. The minimum absolute atomic E-state index is 0.847. The highest BCUT2D eigenvalue weighted by molar-refractivity contribution is 7.12. The molecule has 0 bridgehead atoms. The molecule has 3 rings (SSSR count). The fourth-order valence-corrected chi connectivity index (χ4v) is 2.99. The minimum Gasteiger partial charge on any atom is -0.317 e. The van der Waals surface area contributed by atoms with Crippen LogP contribution < -0.4 is 5.32 Å². The van der Waals surface area contributed by atoms with Crippen molar-refractivity contribution in [3.63, 3.8) is 0 Å². The Labute approximate surface area is 99.0 Å². The first-order valence-corrected chi connectivity index (χ1v) is 6.61. The second-order valence-corrected chi connectivity index (χ2v) is 5.26. The van der Waals surface area contributed by atoms with E-state index in [1.807, 2.05) is 0 Å². The molecule has 0 aliphatic carbocycles. The summed E-state index contributed by atoms with van der Waals surface area (Å²) >= 11 is 1.49. The molecule has 1 fully saturated rings. The van der Waals surface area contributed by atoms with Crippen molar-refractivity contribution in [3.05, 3.63) is 23.8 Å². The van der Waals surface area contributed by atoms with Gasteiger partial charge in [-0.1, -0.05) is 10.6 Å². The van der Waals surface area contributed by atoms with Gasteiger partial charge in [-0.05, 0) is 67.5 Å². The Morgan fingerprint density at radius 3 is 3.06 bits per heavy atom. The van der Waals surface area contributed by atoms with Crippen LogP contribution in [0.1, 0.15) is 18.4 Å². The molecule has 1 aromatic carbocycles. The summed E-state index contributed by atoms with van der Waals surface area (Å²) in [6.45, 7) is 2.35. The Morgan fingerprint density at radius 2 is 2.19 bits per heavy atom. The molecule has 0 amide bonds. The zero-order valence-electron chi connectivity index (χ0n) is 9.15. The van der Waals surface area contributed by atoms with Gasteiger partial charge in [0.2, 0.25) is 0 Å². The molecule has 1 aliphatic rings. The maximum absolute atomic E-state index is 4.07. The van der Waals surface area contributed by atoms with Crippen LogP contribution in [0, 0.1) is 5.92 Å². The summed E-state index contributed by atoms with van der Waals surface area (Å²) in [7, 11) is 0. The topological polar surface area (TPSA) is 37.8 Å². The first-order chi connectivity index (χ1) is 7.92. The van der Waals surface area contributed by atoms with Crippen molar-refractivity contribution in [2.24, 2.45) is 5.92 Å². The third kappa shape index (κ3) is 2.08. The highest BCUT2D eigenvalue weighted by atomic mass is 32.1. The molecule has 1 N–H and O–H groups in total. The molecular weight excluding hydrogens is 218 g/mol. The van der Waals surface area contributed by atoms with Gasteiger partial charge in [0, 0.05) is 0 Å². The van der Waals surface area contributed by atoms with E-state index in [0.29, 0.717) is 0 Å². The van der Waals surface area contributed by atoms with E-state index < -0.39 is 0 Å². The molecular formula is C12H15N3S. The monoisotopic (exact) mass is 233 g/mol. The molecule has 0 saturated carbocycles. The molecule has 0 atom stereocenters. The van der Waals surface area contributed by atoms with Crippen LogP contribution >= 0.6 is 11.5 Å². The number of rotatable bonds is 2. The lowest BCUT2D eigenvalue weighted by Crippen LogP contribution is -2.28. The first kappa shape index (κ1) is 10.2. The standard InChI is InChI=1S/C12H15N3S/c1-2-11-12(16-15-14-11)8-10(1)7-9-3-5-13-6-4-9/h1-2,8-9,13H,3-7H2. The largest absolute Gasteiger partial charge is 0.317 e. The van der Waals surface area contributed by atoms with Gasteiger partial charge in [-0.25, -0.2) is 0 Å². The van der Waals surface area contributed by atoms with E-state index in [2.05, 4.69) is 33.1 Å². The van der Waals surface area contributed by atoms with Crippen molar-refractivity contribution in [1.29, 1.82) is 0 Å². The molecule has 0 unspecified atom stereocenters. The van der Waals surface area contributed by atoms with Crippen molar-refractivity contribution in [2.45, 2.75) is 19.3 Å². The van der Waals surface area contributed by atoms with Crippen LogP contribution in [0.4, 0.5) is 0 Å². The van der Waals surface area contributed by atoms with Crippen molar-refractivity contribution in [3.8, 4) is 0 Å². The predicted molar refractivity (Wildman–Crippen MR) is 66.7 cm³/mol. The summed E-state index contributed by atoms with van der Waals surface area (Å²) in [5, 5.41) is 7.47. The lowest BCUT2D eigenvalue weighted by atomic mass is 9.91. The lowest BCUT2D eigenvalue weighted by molar-refractivity contribution is 0.373. The number of nitrogens with zero attached hydrogens (tertiary/aromatic N) is 2. The van der Waals surface area contributed by atoms with Crippen molar-refractivity contribution >= 4 is 21.7 Å². The SMILES string of the molecule is c1cc2nnsc2cc1CC1CCNCC1. The van der Waals surface area contributed by atoms with Crippen LogP contribution in [0.2, 0.25) is 0 Å². The molecule has 0 radical (unpaired) electrons. The lowest BCUT2D eigenvalue weighted by Gasteiger charge is -2.22. The Morgan fingerprint density at radius 1 is 1.31 bits per heavy atom. The predicted octanol–water partition coefficient (Wildman–Crippen LogP) is 2.23. The minimum atomic E-state index is 0.847. The van der Waals surface area contributed by atoms with Gasteiger partial charge in [0.05, 0.1) is 4.70 Å². The molecule has 4 heteroatoms. The van der Waals surface area contributed by atoms with E-state index in [4.69, 9.17) is 0 Å². The molecule has 1 aromatic heterocycles. The Balaban J connectivity index is 1.77. The summed E-state index contributed by atoms with van der Waals surface area (Å²) in [5.74, 6) is 0.847. The van der Waals surface area contributed by atoms with Gasteiger partial charge in [0.15, 0.2) is 0 Å². The molecule has 2 aromatic rings. The summed E-state index contributed by atoms with van der Waals surface area (Å²) in [5.41, 5.74) is 2.46. The Bertz CT molecular complexity index is 474. The summed E-state index contributed by atoms with van der Waals surface area (Å²) in [4.78, 5) is 0. The highest BCUT2D eigenvalue weighted by Gasteiger charge is 2.13. The van der Waals surface area contributed by atoms with Crippen molar-refractivity contribution in [1.82, 2.24) is 14.9 Å². The quantitative estimate of drug-likeness (QED) is 0.864. The number of hydrogen-bond acceptors (Lipinski definition) is 4. The summed E-state index contributed by atoms with van der Waals surface area (Å²) in [6, 6.07) is 6.54. The summed E-state index contributed by atoms with van der Waals surface area (Å²) < 4.78 is 5.19. The van der Waals surface area contributed by atoms with Crippen LogP contribution in [0.25, 0.3) is 10.2 Å². The molecule has 16 heavy (non-hydrogen) atoms. The molecule has 2 heterocycles. The third-order valence-corrected chi connectivity index (χ3v) is 3.98. The van der Waals surface area contributed by atoms with Crippen LogP contribution in [-0.2, 0) is 6.42 Å². The number of hydrogen-bond donors (Lipinski definition) is 1. The summed E-state index contributed by atoms with van der Waals surface area (Å²) in [6.07, 6.45) is 3.81. The third-order valence-electron chi connectivity index (χ3n) is 3.30. The van der Waals surface area contributed by atoms with E-state index in [-0.39, 0.29) is 0 Å². The van der Waals surface area contributed by atoms with Gasteiger partial charge in [-0.2, -0.15) is 0 Å². The Kier molecular flexibility index (Phi) is 2.84. The smallest absolute Gasteiger partial charge is 0.105 e.